The molecule has 1 atom stereocenters. The third-order valence-electron chi connectivity index (χ3n) is 3.86. The van der Waals surface area contributed by atoms with Crippen LogP contribution in [0.4, 0.5) is 0 Å². The van der Waals surface area contributed by atoms with Crippen molar-refractivity contribution >= 4 is 0 Å². The first-order valence-corrected chi connectivity index (χ1v) is 6.29. The summed E-state index contributed by atoms with van der Waals surface area (Å²) in [7, 11) is 2.18. The van der Waals surface area contributed by atoms with Gasteiger partial charge >= 0.3 is 0 Å². The Morgan fingerprint density at radius 2 is 2.07 bits per heavy atom. The second-order valence-electron chi connectivity index (χ2n) is 5.04. The summed E-state index contributed by atoms with van der Waals surface area (Å²) >= 11 is 0. The molecule has 0 aromatic rings. The van der Waals surface area contributed by atoms with E-state index in [2.05, 4.69) is 31.1 Å². The number of hydrogen-bond donors (Lipinski definition) is 2. The molecular weight excluding hydrogens is 186 g/mol. The molecule has 0 aromatic carbocycles. The van der Waals surface area contributed by atoms with E-state index in [0.29, 0.717) is 0 Å². The number of likely N-dealkylation sites (N-methyl/N-ethyl adjacent to an activating group) is 1. The summed E-state index contributed by atoms with van der Waals surface area (Å²) in [6, 6.07) is 0. The molecule has 3 nitrogen and oxygen atoms in total. The Labute approximate surface area is 94.4 Å². The van der Waals surface area contributed by atoms with Crippen molar-refractivity contribution in [3.63, 3.8) is 0 Å². The van der Waals surface area contributed by atoms with Gasteiger partial charge in [-0.2, -0.15) is 0 Å². The summed E-state index contributed by atoms with van der Waals surface area (Å²) in [5, 5.41) is 3.71. The highest BCUT2D eigenvalue weighted by atomic mass is 15.2. The molecule has 0 aliphatic carbocycles. The van der Waals surface area contributed by atoms with Gasteiger partial charge in [0, 0.05) is 18.6 Å². The average molecular weight is 213 g/mol. The third kappa shape index (κ3) is 3.44. The topological polar surface area (TPSA) is 41.3 Å². The molecule has 3 heteroatoms. The molecule has 1 aliphatic heterocycles. The Morgan fingerprint density at radius 1 is 1.40 bits per heavy atom. The SMILES string of the molecule is CCC(CC)CNC1(CN)CCN(C)C1. The lowest BCUT2D eigenvalue weighted by Gasteiger charge is -2.30. The third-order valence-corrected chi connectivity index (χ3v) is 3.86. The van der Waals surface area contributed by atoms with Gasteiger partial charge in [0.2, 0.25) is 0 Å². The van der Waals surface area contributed by atoms with Crippen LogP contribution in [0, 0.1) is 5.92 Å². The molecule has 1 unspecified atom stereocenters. The van der Waals surface area contributed by atoms with Gasteiger partial charge in [0.05, 0.1) is 0 Å². The van der Waals surface area contributed by atoms with Gasteiger partial charge in [0.25, 0.3) is 0 Å². The number of nitrogens with zero attached hydrogens (tertiary/aromatic N) is 1. The van der Waals surface area contributed by atoms with Crippen LogP contribution in [0.15, 0.2) is 0 Å². The lowest BCUT2D eigenvalue weighted by molar-refractivity contribution is 0.292. The predicted molar refractivity (Wildman–Crippen MR) is 66.0 cm³/mol. The van der Waals surface area contributed by atoms with E-state index in [1.807, 2.05) is 0 Å². The number of nitrogens with one attached hydrogen (secondary N) is 1. The Hall–Kier alpha value is -0.120. The molecule has 0 bridgehead atoms. The summed E-state index contributed by atoms with van der Waals surface area (Å²) in [5.74, 6) is 0.805. The largest absolute Gasteiger partial charge is 0.329 e. The van der Waals surface area contributed by atoms with Crippen LogP contribution in [0.1, 0.15) is 33.1 Å². The van der Waals surface area contributed by atoms with E-state index in [9.17, 15) is 0 Å². The van der Waals surface area contributed by atoms with Crippen LogP contribution < -0.4 is 11.1 Å². The van der Waals surface area contributed by atoms with Crippen molar-refractivity contribution in [1.82, 2.24) is 10.2 Å². The van der Waals surface area contributed by atoms with Crippen molar-refractivity contribution in [1.29, 1.82) is 0 Å². The van der Waals surface area contributed by atoms with Crippen LogP contribution in [0.5, 0.6) is 0 Å². The molecule has 1 heterocycles. The van der Waals surface area contributed by atoms with E-state index in [1.54, 1.807) is 0 Å². The van der Waals surface area contributed by atoms with Crippen LogP contribution in [0.3, 0.4) is 0 Å². The smallest absolute Gasteiger partial charge is 0.0444 e. The Kier molecular flexibility index (Phi) is 5.03. The fraction of sp³-hybridized carbons (Fsp3) is 1.00. The minimum atomic E-state index is 0.192. The Balaban J connectivity index is 2.40. The standard InChI is InChI=1S/C12H27N3/c1-4-11(5-2)8-14-12(9-13)6-7-15(3)10-12/h11,14H,4-10,13H2,1-3H3. The zero-order chi connectivity index (χ0) is 11.3. The molecule has 3 N–H and O–H groups in total. The predicted octanol–water partition coefficient (Wildman–Crippen LogP) is 1.05. The number of likely N-dealkylation sites (tertiary alicyclic amines) is 1. The summed E-state index contributed by atoms with van der Waals surface area (Å²) in [6.07, 6.45) is 3.72. The Bertz CT molecular complexity index is 180. The van der Waals surface area contributed by atoms with Crippen molar-refractivity contribution in [2.45, 2.75) is 38.6 Å². The monoisotopic (exact) mass is 213 g/mol. The highest BCUT2D eigenvalue weighted by Crippen LogP contribution is 2.19. The average Bonchev–Trinajstić information content (AvgIpc) is 2.63. The molecule has 1 saturated heterocycles. The highest BCUT2D eigenvalue weighted by Gasteiger charge is 2.34. The second kappa shape index (κ2) is 5.83. The van der Waals surface area contributed by atoms with Crippen LogP contribution in [0.2, 0.25) is 0 Å². The molecule has 0 saturated carbocycles. The van der Waals surface area contributed by atoms with Crippen molar-refractivity contribution in [2.24, 2.45) is 11.7 Å². The van der Waals surface area contributed by atoms with Crippen molar-refractivity contribution in [3.8, 4) is 0 Å². The molecule has 0 aromatic heterocycles. The number of nitrogens with two attached hydrogens (primary N) is 1. The first-order valence-electron chi connectivity index (χ1n) is 6.29. The van der Waals surface area contributed by atoms with E-state index in [-0.39, 0.29) is 5.54 Å². The van der Waals surface area contributed by atoms with Crippen molar-refractivity contribution in [2.75, 3.05) is 33.2 Å². The second-order valence-corrected chi connectivity index (χ2v) is 5.04. The van der Waals surface area contributed by atoms with E-state index in [0.717, 1.165) is 25.6 Å². The van der Waals surface area contributed by atoms with Gasteiger partial charge in [-0.1, -0.05) is 26.7 Å². The maximum Gasteiger partial charge on any atom is 0.0444 e. The molecule has 90 valence electrons. The summed E-state index contributed by atoms with van der Waals surface area (Å²) in [4.78, 5) is 2.37. The molecule has 15 heavy (non-hydrogen) atoms. The summed E-state index contributed by atoms with van der Waals surface area (Å²) in [5.41, 5.74) is 6.10. The van der Waals surface area contributed by atoms with Crippen LogP contribution in [0.25, 0.3) is 0 Å². The number of rotatable bonds is 6. The minimum absolute atomic E-state index is 0.192. The highest BCUT2D eigenvalue weighted by molar-refractivity contribution is 4.97. The van der Waals surface area contributed by atoms with E-state index in [1.165, 1.54) is 25.8 Å². The molecular formula is C12H27N3. The first-order chi connectivity index (χ1) is 7.15. The zero-order valence-corrected chi connectivity index (χ0v) is 10.6. The molecule has 1 fully saturated rings. The lowest BCUT2D eigenvalue weighted by atomic mass is 9.96. The van der Waals surface area contributed by atoms with E-state index in [4.69, 9.17) is 5.73 Å². The van der Waals surface area contributed by atoms with Gasteiger partial charge in [0.1, 0.15) is 0 Å². The van der Waals surface area contributed by atoms with Gasteiger partial charge in [-0.05, 0) is 32.5 Å². The van der Waals surface area contributed by atoms with Crippen LogP contribution in [-0.4, -0.2) is 43.7 Å². The first kappa shape index (κ1) is 12.9. The van der Waals surface area contributed by atoms with Crippen molar-refractivity contribution in [3.05, 3.63) is 0 Å². The normalized spacial score (nSPS) is 27.8. The maximum absolute atomic E-state index is 5.91. The van der Waals surface area contributed by atoms with E-state index < -0.39 is 0 Å². The fourth-order valence-corrected chi connectivity index (χ4v) is 2.40. The summed E-state index contributed by atoms with van der Waals surface area (Å²) in [6.45, 7) is 8.70. The van der Waals surface area contributed by atoms with Gasteiger partial charge in [-0.25, -0.2) is 0 Å². The molecule has 1 rings (SSSR count). The minimum Gasteiger partial charge on any atom is -0.329 e. The quantitative estimate of drug-likeness (QED) is 0.693. The molecule has 0 spiro atoms. The lowest BCUT2D eigenvalue weighted by Crippen LogP contribution is -2.54. The maximum atomic E-state index is 5.91. The van der Waals surface area contributed by atoms with Gasteiger partial charge in [0.15, 0.2) is 0 Å². The Morgan fingerprint density at radius 3 is 2.47 bits per heavy atom. The van der Waals surface area contributed by atoms with Gasteiger partial charge < -0.3 is 16.0 Å². The number of hydrogen-bond acceptors (Lipinski definition) is 3. The zero-order valence-electron chi connectivity index (χ0n) is 10.6. The molecule has 0 amide bonds. The molecule has 0 radical (unpaired) electrons. The molecule has 1 aliphatic rings. The van der Waals surface area contributed by atoms with Gasteiger partial charge in [-0.15, -0.1) is 0 Å². The van der Waals surface area contributed by atoms with Crippen molar-refractivity contribution < 1.29 is 0 Å². The van der Waals surface area contributed by atoms with E-state index >= 15 is 0 Å². The fourth-order valence-electron chi connectivity index (χ4n) is 2.40. The summed E-state index contributed by atoms with van der Waals surface area (Å²) < 4.78 is 0. The van der Waals surface area contributed by atoms with Gasteiger partial charge in [-0.3, -0.25) is 0 Å². The van der Waals surface area contributed by atoms with Crippen LogP contribution >= 0.6 is 0 Å². The van der Waals surface area contributed by atoms with Crippen LogP contribution in [-0.2, 0) is 0 Å².